The highest BCUT2D eigenvalue weighted by Gasteiger charge is 2.35. The van der Waals surface area contributed by atoms with E-state index >= 15 is 0 Å². The molecule has 12 rings (SSSR count). The number of fused-ring (bicyclic) bond motifs is 2. The number of anilines is 2. The minimum atomic E-state index is -0.492. The van der Waals surface area contributed by atoms with E-state index in [9.17, 15) is 28.8 Å². The molecular formula is C84H92N6O16S2. The van der Waals surface area contributed by atoms with Crippen molar-refractivity contribution in [3.05, 3.63) is 170 Å². The Labute approximate surface area is 637 Å². The molecular weight excluding hydrogens is 1410 g/mol. The summed E-state index contributed by atoms with van der Waals surface area (Å²) in [7, 11) is 0. The number of rotatable bonds is 37. The van der Waals surface area contributed by atoms with Crippen LogP contribution >= 0.6 is 22.7 Å². The van der Waals surface area contributed by atoms with Crippen molar-refractivity contribution < 1.29 is 76.1 Å². The summed E-state index contributed by atoms with van der Waals surface area (Å²) in [6.07, 6.45) is 19.4. The Morgan fingerprint density at radius 3 is 1.16 bits per heavy atom. The van der Waals surface area contributed by atoms with Crippen LogP contribution in [0.4, 0.5) is 10.3 Å². The average Bonchev–Trinajstić information content (AvgIpc) is 1.32. The summed E-state index contributed by atoms with van der Waals surface area (Å²) < 4.78 is 60.7. The standard InChI is InChI=1S/C84H92N6O16S2/c1-3-77(91)101-47-15-7-5-13-45-97-65-35-39-67(40-36-65)103-79(93)57-25-29-59(30-26-57)81(95)105-73-43-33-61(51-63(73)53-85-89(55-69-19-17-49-99-69)83-87-71-21-9-11-23-75(71)107-83)62-34-44-74(64(52-62)54-86-90(56-70-20-18-50-100-70)84-88-72-22-10-12-24-76(72)108-84)106-82(96)60-31-27-58(28-32-60)80(94)104-68-41-37-66(38-42-68)98-46-14-6-8-16-48-102-78(92)4-2/h3-4,9-12,21-24,33-44,51-54,57-60,69-70H,1-2,5-8,13-20,25-32,45-50,55-56H2/b85-53+,86-54+. The highest BCUT2D eigenvalue weighted by atomic mass is 32.1. The molecule has 0 N–H and O–H groups in total. The van der Waals surface area contributed by atoms with Gasteiger partial charge in [-0.1, -0.05) is 72.2 Å². The van der Waals surface area contributed by atoms with Gasteiger partial charge in [0.1, 0.15) is 34.5 Å². The van der Waals surface area contributed by atoms with Crippen LogP contribution in [0.5, 0.6) is 34.5 Å². The lowest BCUT2D eigenvalue weighted by molar-refractivity contribution is -0.145. The van der Waals surface area contributed by atoms with Gasteiger partial charge in [0.15, 0.2) is 0 Å². The highest BCUT2D eigenvalue weighted by molar-refractivity contribution is 7.22. The number of hydrogen-bond acceptors (Lipinski definition) is 24. The number of carbonyl (C=O) groups excluding carboxylic acids is 6. The third-order valence-corrected chi connectivity index (χ3v) is 21.7. The van der Waals surface area contributed by atoms with Gasteiger partial charge in [-0.15, -0.1) is 0 Å². The first-order valence-corrected chi connectivity index (χ1v) is 39.3. The molecule has 2 aliphatic carbocycles. The molecule has 2 unspecified atom stereocenters. The van der Waals surface area contributed by atoms with Gasteiger partial charge >= 0.3 is 35.8 Å². The molecule has 0 amide bonds. The number of aromatic nitrogens is 2. The summed E-state index contributed by atoms with van der Waals surface area (Å²) in [6, 6.07) is 40.9. The molecule has 4 aliphatic rings. The van der Waals surface area contributed by atoms with Crippen LogP contribution in [0.15, 0.2) is 169 Å². The summed E-state index contributed by atoms with van der Waals surface area (Å²) in [6.45, 7) is 10.8. The molecule has 4 heterocycles. The molecule has 22 nitrogen and oxygen atoms in total. The molecule has 2 saturated carbocycles. The third-order valence-electron chi connectivity index (χ3n) is 19.6. The Kier molecular flexibility index (Phi) is 28.4. The van der Waals surface area contributed by atoms with Gasteiger partial charge in [-0.25, -0.2) is 29.6 Å². The van der Waals surface area contributed by atoms with E-state index in [1.54, 1.807) is 73.1 Å². The number of carbonyl (C=O) groups is 6. The van der Waals surface area contributed by atoms with Gasteiger partial charge in [0, 0.05) is 36.5 Å². The molecule has 0 bridgehead atoms. The number of unbranched alkanes of at least 4 members (excludes halogenated alkanes) is 6. The van der Waals surface area contributed by atoms with E-state index in [2.05, 4.69) is 13.2 Å². The molecule has 4 fully saturated rings. The number of nitrogens with zero attached hydrogens (tertiary/aromatic N) is 6. The fraction of sp³-hybridized carbons (Fsp3) is 0.405. The Bertz CT molecular complexity index is 4070. The van der Waals surface area contributed by atoms with Gasteiger partial charge in [-0.05, 0) is 237 Å². The number of hydrazone groups is 2. The van der Waals surface area contributed by atoms with Gasteiger partial charge in [-0.3, -0.25) is 19.2 Å². The molecule has 0 radical (unpaired) electrons. The maximum atomic E-state index is 14.5. The summed E-state index contributed by atoms with van der Waals surface area (Å²) in [5.74, 6) is -1.51. The molecule has 2 saturated heterocycles. The van der Waals surface area contributed by atoms with Gasteiger partial charge in [0.2, 0.25) is 10.3 Å². The molecule has 6 aromatic carbocycles. The zero-order valence-electron chi connectivity index (χ0n) is 60.7. The van der Waals surface area contributed by atoms with Crippen LogP contribution in [-0.2, 0) is 47.7 Å². The zero-order chi connectivity index (χ0) is 74.8. The van der Waals surface area contributed by atoms with Crippen LogP contribution in [-0.4, -0.2) is 123 Å². The van der Waals surface area contributed by atoms with Crippen molar-refractivity contribution >= 4 is 102 Å². The van der Waals surface area contributed by atoms with E-state index in [0.29, 0.717) is 148 Å². The van der Waals surface area contributed by atoms with Gasteiger partial charge in [0.25, 0.3) is 0 Å². The van der Waals surface area contributed by atoms with E-state index in [4.69, 9.17) is 67.5 Å². The van der Waals surface area contributed by atoms with Crippen LogP contribution in [0, 0.1) is 23.7 Å². The summed E-state index contributed by atoms with van der Waals surface area (Å²) in [4.78, 5) is 88.6. The fourth-order valence-corrected chi connectivity index (χ4v) is 15.3. The van der Waals surface area contributed by atoms with Gasteiger partial charge in [-0.2, -0.15) is 10.2 Å². The summed E-state index contributed by atoms with van der Waals surface area (Å²) in [5.41, 5.74) is 4.15. The second-order valence-corrected chi connectivity index (χ2v) is 29.4. The van der Waals surface area contributed by atoms with Gasteiger partial charge in [0.05, 0.1) is 108 Å². The predicted molar refractivity (Wildman–Crippen MR) is 416 cm³/mol. The Balaban J connectivity index is 0.744. The lowest BCUT2D eigenvalue weighted by atomic mass is 9.82. The van der Waals surface area contributed by atoms with Crippen molar-refractivity contribution in [2.24, 2.45) is 33.9 Å². The minimum Gasteiger partial charge on any atom is -0.494 e. The number of esters is 6. The predicted octanol–water partition coefficient (Wildman–Crippen LogP) is 16.6. The van der Waals surface area contributed by atoms with Crippen molar-refractivity contribution in [2.75, 3.05) is 62.7 Å². The SMILES string of the molecule is C=CC(=O)OCCCCCCOc1ccc(OC(=O)C2CCC(C(=O)Oc3ccc(-c4ccc(OC(=O)C5CCC(C(=O)Oc6ccc(OCCCCCCOC(=O)C=C)cc6)CC5)c(/C=N/N(CC5CCCO5)c5nc6ccccc6s5)c4)cc3/C=N/N(CC3CCCO3)c3nc4ccccc4s3)CC2)cc1. The molecule has 0 spiro atoms. The molecule has 2 aromatic heterocycles. The lowest BCUT2D eigenvalue weighted by Gasteiger charge is -2.26. The smallest absolute Gasteiger partial charge is 0.330 e. The van der Waals surface area contributed by atoms with Crippen LogP contribution in [0.2, 0.25) is 0 Å². The number of benzene rings is 6. The molecule has 2 atom stereocenters. The van der Waals surface area contributed by atoms with Crippen molar-refractivity contribution in [3.8, 4) is 45.6 Å². The van der Waals surface area contributed by atoms with E-state index in [1.807, 2.05) is 82.8 Å². The maximum absolute atomic E-state index is 14.5. The molecule has 2 aliphatic heterocycles. The monoisotopic (exact) mass is 1500 g/mol. The number of thiazole rings is 2. The largest absolute Gasteiger partial charge is 0.494 e. The summed E-state index contributed by atoms with van der Waals surface area (Å²) >= 11 is 3.05. The molecule has 8 aromatic rings. The number of ether oxygens (including phenoxy) is 10. The van der Waals surface area contributed by atoms with Crippen LogP contribution < -0.4 is 38.4 Å². The van der Waals surface area contributed by atoms with E-state index in [1.165, 1.54) is 22.7 Å². The number of para-hydroxylation sites is 2. The fourth-order valence-electron chi connectivity index (χ4n) is 13.4. The van der Waals surface area contributed by atoms with Gasteiger partial charge < -0.3 is 47.4 Å². The van der Waals surface area contributed by atoms with Crippen LogP contribution in [0.3, 0.4) is 0 Å². The van der Waals surface area contributed by atoms with Crippen molar-refractivity contribution in [1.29, 1.82) is 0 Å². The maximum Gasteiger partial charge on any atom is 0.330 e. The van der Waals surface area contributed by atoms with Crippen LogP contribution in [0.1, 0.15) is 140 Å². The van der Waals surface area contributed by atoms with Crippen molar-refractivity contribution in [2.45, 2.75) is 141 Å². The summed E-state index contributed by atoms with van der Waals surface area (Å²) in [5, 5.41) is 15.3. The normalized spacial score (nSPS) is 18.5. The Morgan fingerprint density at radius 1 is 0.435 bits per heavy atom. The third kappa shape index (κ3) is 22.5. The van der Waals surface area contributed by atoms with E-state index < -0.39 is 47.5 Å². The second-order valence-electron chi connectivity index (χ2n) is 27.3. The molecule has 24 heteroatoms. The lowest BCUT2D eigenvalue weighted by Crippen LogP contribution is -2.30. The van der Waals surface area contributed by atoms with Crippen molar-refractivity contribution in [3.63, 3.8) is 0 Å². The first-order valence-electron chi connectivity index (χ1n) is 37.6. The molecule has 566 valence electrons. The topological polar surface area (TPSA) is 252 Å². The average molecular weight is 1510 g/mol. The van der Waals surface area contributed by atoms with E-state index in [-0.39, 0.29) is 35.6 Å². The first-order chi connectivity index (χ1) is 52.9. The zero-order valence-corrected chi connectivity index (χ0v) is 62.4. The second kappa shape index (κ2) is 39.6. The Morgan fingerprint density at radius 2 is 0.796 bits per heavy atom. The van der Waals surface area contributed by atoms with Crippen molar-refractivity contribution in [1.82, 2.24) is 9.97 Å². The first kappa shape index (κ1) is 77.5. The Hall–Kier alpha value is -10.1. The number of hydrogen-bond donors (Lipinski definition) is 0. The molecule has 108 heavy (non-hydrogen) atoms. The van der Waals surface area contributed by atoms with E-state index in [0.717, 1.165) is 121 Å². The van der Waals surface area contributed by atoms with Crippen LogP contribution in [0.25, 0.3) is 31.6 Å². The quantitative estimate of drug-likeness (QED) is 0.00876. The highest BCUT2D eigenvalue weighted by Crippen LogP contribution is 2.38. The minimum absolute atomic E-state index is 0.0875.